The molecule has 0 unspecified atom stereocenters. The SMILES string of the molecule is CCCC[B-](c1ccc(OC)cc1)(c1ccc(OC)cc1)c1ccc(OC)cc1.CCCC[B-](c1ccc(OC)cc1)(c1ccc(OC)cc1)c1ccc(OC)cc1.CCCC[B-](c1ccc(OC)cc1)(c1ccc(OC)cc1)c1ccc(OC)cc1.CCCC[B-](c1ccc(OC)cc1)(c1ccc(OC)cc1)c1ccc(OC)cc1.CCCC[B-](c1ccc(OC)cc1)(c1ccc(OC)cc1)c1ccc(OC)cc1.[H+].[H+].[H+].[H+].[NH4+]. The lowest BCUT2D eigenvalue weighted by molar-refractivity contribution is 0.414. The zero-order valence-electron chi connectivity index (χ0n) is 94.3. The maximum absolute atomic E-state index is 5.41. The third-order valence-electron chi connectivity index (χ3n) is 30.2. The third kappa shape index (κ3) is 27.2. The zero-order valence-corrected chi connectivity index (χ0v) is 90.3. The molecule has 15 rings (SSSR count). The van der Waals surface area contributed by atoms with Gasteiger partial charge >= 0.3 is 5.71 Å². The van der Waals surface area contributed by atoms with Gasteiger partial charge in [0, 0.05) is 0 Å². The average molecular weight is 1970 g/mol. The summed E-state index contributed by atoms with van der Waals surface area (Å²) in [6.45, 7) is 11.2. The van der Waals surface area contributed by atoms with Crippen molar-refractivity contribution >= 4 is 113 Å². The highest BCUT2D eigenvalue weighted by atomic mass is 16.5. The smallest absolute Gasteiger partial charge is 0.497 e. The number of benzene rings is 15. The number of unbranched alkanes of at least 4 members (excludes halogenated alkanes) is 5. The van der Waals surface area contributed by atoms with Crippen LogP contribution in [0.5, 0.6) is 86.2 Å². The maximum Gasteiger partial charge on any atom is 1.00 e. The minimum Gasteiger partial charge on any atom is -0.497 e. The van der Waals surface area contributed by atoms with Crippen molar-refractivity contribution in [2.45, 2.75) is 130 Å². The quantitative estimate of drug-likeness (QED) is 0.0357. The molecule has 16 nitrogen and oxygen atoms in total. The second kappa shape index (κ2) is 57.3. The molecule has 0 radical (unpaired) electrons. The van der Waals surface area contributed by atoms with Crippen molar-refractivity contribution in [2.24, 2.45) is 0 Å². The molecule has 15 aromatic carbocycles. The van der Waals surface area contributed by atoms with Crippen molar-refractivity contribution in [1.29, 1.82) is 0 Å². The van der Waals surface area contributed by atoms with Crippen LogP contribution in [0.25, 0.3) is 0 Å². The Balaban J connectivity index is 0.000000284. The fraction of sp³-hybridized carbons (Fsp3) is 0.280. The first-order valence-electron chi connectivity index (χ1n) is 51.4. The number of rotatable bonds is 45. The van der Waals surface area contributed by atoms with Gasteiger partial charge in [0.1, 0.15) is 86.2 Å². The summed E-state index contributed by atoms with van der Waals surface area (Å²) in [6.07, 6.45) is 11.1. The van der Waals surface area contributed by atoms with Crippen molar-refractivity contribution in [3.8, 4) is 86.2 Å². The van der Waals surface area contributed by atoms with Crippen LogP contribution in [0, 0.1) is 0 Å². The Morgan fingerprint density at radius 3 is 0.233 bits per heavy atom. The van der Waals surface area contributed by atoms with Gasteiger partial charge < -0.3 is 77.2 Å². The van der Waals surface area contributed by atoms with E-state index in [1.807, 2.05) is 0 Å². The molecule has 15 aromatic rings. The second-order valence-corrected chi connectivity index (χ2v) is 37.5. The van der Waals surface area contributed by atoms with Gasteiger partial charge in [-0.1, -0.05) is 281 Å². The molecular formula is C125H158B5NO15. The minimum atomic E-state index is -1.14. The van der Waals surface area contributed by atoms with Gasteiger partial charge in [-0.05, 0) is 182 Å². The number of quaternary nitrogens is 1. The third-order valence-corrected chi connectivity index (χ3v) is 30.2. The Kier molecular flexibility index (Phi) is 44.6. The van der Waals surface area contributed by atoms with E-state index in [9.17, 15) is 0 Å². The van der Waals surface area contributed by atoms with Crippen molar-refractivity contribution in [1.82, 2.24) is 6.15 Å². The Bertz CT molecular complexity index is 4790. The summed E-state index contributed by atoms with van der Waals surface area (Å²) < 4.78 is 81.1. The van der Waals surface area contributed by atoms with Gasteiger partial charge in [-0.3, -0.25) is 0 Å². The first kappa shape index (κ1) is 114. The monoisotopic (exact) mass is 1970 g/mol. The Morgan fingerprint density at radius 2 is 0.185 bits per heavy atom. The van der Waals surface area contributed by atoms with Crippen LogP contribution in [-0.4, -0.2) is 137 Å². The summed E-state index contributed by atoms with van der Waals surface area (Å²) in [5.74, 6) is 13.1. The summed E-state index contributed by atoms with van der Waals surface area (Å²) in [6, 6.07) is 128. The predicted molar refractivity (Wildman–Crippen MR) is 627 cm³/mol. The molecule has 0 aliphatic heterocycles. The maximum atomic E-state index is 5.41. The molecule has 21 heteroatoms. The van der Waals surface area contributed by atoms with Gasteiger partial charge in [-0.25, -0.2) is 0 Å². The number of ether oxygens (including phenoxy) is 15. The lowest BCUT2D eigenvalue weighted by Crippen LogP contribution is -2.66. The lowest BCUT2D eigenvalue weighted by Gasteiger charge is -2.43. The highest BCUT2D eigenvalue weighted by Gasteiger charge is 2.36. The van der Waals surface area contributed by atoms with Crippen LogP contribution in [0.2, 0.25) is 31.6 Å². The molecule has 4 N–H and O–H groups in total. The molecule has 0 aromatic heterocycles. The van der Waals surface area contributed by atoms with Crippen LogP contribution in [0.3, 0.4) is 0 Å². The molecule has 0 bridgehead atoms. The summed E-state index contributed by atoms with van der Waals surface area (Å²) in [5.41, 5.74) is 19.7. The minimum absolute atomic E-state index is 0. The fourth-order valence-corrected chi connectivity index (χ4v) is 21.9. The summed E-state index contributed by atoms with van der Waals surface area (Å²) in [4.78, 5) is 0. The van der Waals surface area contributed by atoms with Crippen LogP contribution >= 0.6 is 0 Å². The van der Waals surface area contributed by atoms with E-state index in [1.165, 1.54) is 81.9 Å². The van der Waals surface area contributed by atoms with Crippen molar-refractivity contribution < 1.29 is 76.8 Å². The predicted octanol–water partition coefficient (Wildman–Crippen LogP) is 20.7. The molecule has 0 heterocycles. The van der Waals surface area contributed by atoms with Crippen molar-refractivity contribution in [3.05, 3.63) is 364 Å². The van der Waals surface area contributed by atoms with Crippen molar-refractivity contribution in [3.63, 3.8) is 0 Å². The van der Waals surface area contributed by atoms with E-state index in [0.717, 1.165) is 182 Å². The molecule has 0 amide bonds. The van der Waals surface area contributed by atoms with Crippen LogP contribution in [0.15, 0.2) is 364 Å². The Labute approximate surface area is 877 Å². The molecule has 0 aliphatic carbocycles. The van der Waals surface area contributed by atoms with Crippen LogP contribution in [0.4, 0.5) is 0 Å². The molecule has 0 aliphatic rings. The van der Waals surface area contributed by atoms with Gasteiger partial charge in [-0.2, -0.15) is 114 Å². The van der Waals surface area contributed by atoms with E-state index in [-0.39, 0.29) is 11.9 Å². The first-order valence-corrected chi connectivity index (χ1v) is 51.4. The highest BCUT2D eigenvalue weighted by Crippen LogP contribution is 2.30. The number of methoxy groups -OCH3 is 15. The van der Waals surface area contributed by atoms with E-state index < -0.39 is 30.7 Å². The summed E-state index contributed by atoms with van der Waals surface area (Å²) in [5, 5.41) is 0. The van der Waals surface area contributed by atoms with E-state index in [1.54, 1.807) is 107 Å². The van der Waals surface area contributed by atoms with Crippen LogP contribution < -0.4 is 159 Å². The van der Waals surface area contributed by atoms with E-state index in [0.29, 0.717) is 0 Å². The van der Waals surface area contributed by atoms with Gasteiger partial charge in [-0.15, -0.1) is 0 Å². The molecule has 0 saturated heterocycles. The fourth-order valence-electron chi connectivity index (χ4n) is 21.9. The topological polar surface area (TPSA) is 175 Å². The highest BCUT2D eigenvalue weighted by molar-refractivity contribution is 7.14. The van der Waals surface area contributed by atoms with E-state index in [2.05, 4.69) is 399 Å². The molecular weight excluding hydrogens is 1810 g/mol. The number of hydrogen-bond acceptors (Lipinski definition) is 15. The van der Waals surface area contributed by atoms with Crippen LogP contribution in [-0.2, 0) is 0 Å². The molecule has 0 fully saturated rings. The van der Waals surface area contributed by atoms with Crippen LogP contribution in [0.1, 0.15) is 105 Å². The summed E-state index contributed by atoms with van der Waals surface area (Å²) in [7, 11) is 25.6. The largest absolute Gasteiger partial charge is 1.00 e. The molecule has 0 atom stereocenters. The normalized spacial score (nSPS) is 11.1. The van der Waals surface area contributed by atoms with Gasteiger partial charge in [0.2, 0.25) is 0 Å². The molecule has 0 spiro atoms. The van der Waals surface area contributed by atoms with Gasteiger partial charge in [0.15, 0.2) is 0 Å². The Morgan fingerprint density at radius 1 is 0.123 bits per heavy atom. The number of hydrogen-bond donors (Lipinski definition) is 1. The van der Waals surface area contributed by atoms with E-state index in [4.69, 9.17) is 71.1 Å². The second-order valence-electron chi connectivity index (χ2n) is 37.5. The molecule has 0 saturated carbocycles. The summed E-state index contributed by atoms with van der Waals surface area (Å²) >= 11 is 0. The van der Waals surface area contributed by atoms with E-state index >= 15 is 0 Å². The zero-order chi connectivity index (χ0) is 103. The Hall–Kier alpha value is -14.4. The lowest BCUT2D eigenvalue weighted by atomic mass is 9.14. The molecule has 768 valence electrons. The molecule has 146 heavy (non-hydrogen) atoms. The first-order chi connectivity index (χ1) is 70.9. The van der Waals surface area contributed by atoms with Crippen molar-refractivity contribution in [2.75, 3.05) is 107 Å². The van der Waals surface area contributed by atoms with Gasteiger partial charge in [0.05, 0.1) is 137 Å². The van der Waals surface area contributed by atoms with Gasteiger partial charge in [0.25, 0.3) is 0 Å². The average Bonchev–Trinajstić information content (AvgIpc) is 0.770. The standard InChI is InChI=1S/5C25H30BO3.H3N/c5*1-5-6-19-26(20-7-13-23(27-2)14-8-20,21-9-15-24(28-3)16-10-21)22-11-17-25(29-4)18-12-22;/h5*7-18H,5-6,19H2,1-4H3;1H3/q5*-1;/p+5.